The van der Waals surface area contributed by atoms with Crippen LogP contribution in [0.25, 0.3) is 0 Å². The molecule has 1 amide bonds. The van der Waals surface area contributed by atoms with Crippen LogP contribution in [0.5, 0.6) is 0 Å². The van der Waals surface area contributed by atoms with Gasteiger partial charge in [0.25, 0.3) is 0 Å². The van der Waals surface area contributed by atoms with E-state index in [2.05, 4.69) is 20.8 Å². The van der Waals surface area contributed by atoms with Crippen LogP contribution in [0.4, 0.5) is 4.79 Å². The molecule has 0 atom stereocenters. The highest BCUT2D eigenvalue weighted by molar-refractivity contribution is 5.64. The minimum atomic E-state index is -0.818. The fourth-order valence-corrected chi connectivity index (χ4v) is 0.859. The lowest BCUT2D eigenvalue weighted by Gasteiger charge is -2.23. The summed E-state index contributed by atoms with van der Waals surface area (Å²) in [6, 6.07) is 0. The zero-order valence-corrected chi connectivity index (χ0v) is 8.42. The van der Waals surface area contributed by atoms with Gasteiger partial charge in [0.1, 0.15) is 0 Å². The van der Waals surface area contributed by atoms with Crippen molar-refractivity contribution in [3.05, 3.63) is 0 Å². The van der Waals surface area contributed by atoms with Crippen LogP contribution in [0.1, 0.15) is 34.1 Å². The van der Waals surface area contributed by atoms with Crippen molar-refractivity contribution in [2.45, 2.75) is 34.1 Å². The summed E-state index contributed by atoms with van der Waals surface area (Å²) in [5, 5.41) is 8.70. The first-order valence-electron chi connectivity index (χ1n) is 4.34. The third-order valence-electron chi connectivity index (χ3n) is 1.78. The molecule has 0 radical (unpaired) electrons. The van der Waals surface area contributed by atoms with Crippen molar-refractivity contribution in [3.63, 3.8) is 0 Å². The molecule has 0 saturated carbocycles. The van der Waals surface area contributed by atoms with E-state index in [9.17, 15) is 4.79 Å². The number of nitrogens with zero attached hydrogens (tertiary/aromatic N) is 1. The van der Waals surface area contributed by atoms with E-state index < -0.39 is 6.09 Å². The molecule has 0 aromatic heterocycles. The number of amides is 1. The molecule has 0 rings (SSSR count). The van der Waals surface area contributed by atoms with Crippen LogP contribution in [0, 0.1) is 5.41 Å². The summed E-state index contributed by atoms with van der Waals surface area (Å²) in [6.45, 7) is 9.41. The smallest absolute Gasteiger partial charge is 0.407 e. The van der Waals surface area contributed by atoms with E-state index in [1.165, 1.54) is 4.90 Å². The van der Waals surface area contributed by atoms with Crippen molar-refractivity contribution < 1.29 is 9.90 Å². The van der Waals surface area contributed by atoms with Gasteiger partial charge in [-0.05, 0) is 18.8 Å². The summed E-state index contributed by atoms with van der Waals surface area (Å²) < 4.78 is 0. The molecule has 1 N–H and O–H groups in total. The maximum atomic E-state index is 10.6. The van der Waals surface area contributed by atoms with Gasteiger partial charge in [0.2, 0.25) is 0 Å². The number of rotatable bonds is 3. The normalized spacial score (nSPS) is 11.3. The summed E-state index contributed by atoms with van der Waals surface area (Å²) in [7, 11) is 0. The molecule has 0 aliphatic rings. The van der Waals surface area contributed by atoms with Crippen LogP contribution in [0.2, 0.25) is 0 Å². The van der Waals surface area contributed by atoms with Gasteiger partial charge in [0, 0.05) is 13.1 Å². The fourth-order valence-electron chi connectivity index (χ4n) is 0.859. The maximum absolute atomic E-state index is 10.6. The lowest BCUT2D eigenvalue weighted by Crippen LogP contribution is -2.32. The highest BCUT2D eigenvalue weighted by Crippen LogP contribution is 2.18. The second-order valence-corrected chi connectivity index (χ2v) is 4.17. The SMILES string of the molecule is CCN(CCC(C)(C)C)C(=O)O. The minimum Gasteiger partial charge on any atom is -0.465 e. The van der Waals surface area contributed by atoms with E-state index >= 15 is 0 Å². The number of carbonyl (C=O) groups is 1. The zero-order chi connectivity index (χ0) is 9.78. The molecule has 3 heteroatoms. The first-order valence-corrected chi connectivity index (χ1v) is 4.34. The molecule has 0 saturated heterocycles. The molecule has 72 valence electrons. The van der Waals surface area contributed by atoms with Crippen LogP contribution >= 0.6 is 0 Å². The molecule has 0 aromatic rings. The van der Waals surface area contributed by atoms with Crippen LogP contribution in [0.3, 0.4) is 0 Å². The Labute approximate surface area is 74.4 Å². The molecule has 0 aliphatic heterocycles. The Bertz CT molecular complexity index is 149. The Morgan fingerprint density at radius 3 is 2.17 bits per heavy atom. The van der Waals surface area contributed by atoms with E-state index in [1.54, 1.807) is 0 Å². The molecule has 12 heavy (non-hydrogen) atoms. The van der Waals surface area contributed by atoms with Crippen molar-refractivity contribution >= 4 is 6.09 Å². The second-order valence-electron chi connectivity index (χ2n) is 4.17. The summed E-state index contributed by atoms with van der Waals surface area (Å²) in [5.41, 5.74) is 0.211. The quantitative estimate of drug-likeness (QED) is 0.712. The van der Waals surface area contributed by atoms with Crippen LogP contribution in [0.15, 0.2) is 0 Å². The first-order chi connectivity index (χ1) is 5.37. The molecule has 0 aliphatic carbocycles. The van der Waals surface area contributed by atoms with Crippen LogP contribution in [-0.2, 0) is 0 Å². The van der Waals surface area contributed by atoms with Crippen molar-refractivity contribution in [2.24, 2.45) is 5.41 Å². The van der Waals surface area contributed by atoms with Gasteiger partial charge in [-0.2, -0.15) is 0 Å². The molecule has 0 bridgehead atoms. The number of carboxylic acid groups (broad SMARTS) is 1. The maximum Gasteiger partial charge on any atom is 0.407 e. The largest absolute Gasteiger partial charge is 0.465 e. The minimum absolute atomic E-state index is 0.211. The standard InChI is InChI=1S/C9H19NO2/c1-5-10(8(11)12)7-6-9(2,3)4/h5-7H2,1-4H3,(H,11,12). The Morgan fingerprint density at radius 2 is 1.92 bits per heavy atom. The van der Waals surface area contributed by atoms with Gasteiger partial charge in [-0.15, -0.1) is 0 Å². The summed E-state index contributed by atoms with van der Waals surface area (Å²) in [6.07, 6.45) is 0.0920. The molecule has 0 spiro atoms. The molecular formula is C9H19NO2. The molecule has 0 unspecified atom stereocenters. The lowest BCUT2D eigenvalue weighted by atomic mass is 9.92. The number of hydrogen-bond donors (Lipinski definition) is 1. The Hall–Kier alpha value is -0.730. The predicted octanol–water partition coefficient (Wildman–Crippen LogP) is 2.42. The van der Waals surface area contributed by atoms with E-state index in [0.717, 1.165) is 6.42 Å². The highest BCUT2D eigenvalue weighted by atomic mass is 16.4. The third-order valence-corrected chi connectivity index (χ3v) is 1.78. The number of hydrogen-bond acceptors (Lipinski definition) is 1. The van der Waals surface area contributed by atoms with E-state index in [-0.39, 0.29) is 5.41 Å². The second kappa shape index (κ2) is 4.33. The monoisotopic (exact) mass is 173 g/mol. The summed E-state index contributed by atoms with van der Waals surface area (Å²) in [4.78, 5) is 12.0. The van der Waals surface area contributed by atoms with Gasteiger partial charge in [-0.3, -0.25) is 0 Å². The molecular weight excluding hydrogens is 154 g/mol. The van der Waals surface area contributed by atoms with Crippen molar-refractivity contribution in [1.29, 1.82) is 0 Å². The molecule has 0 aromatic carbocycles. The predicted molar refractivity (Wildman–Crippen MR) is 49.3 cm³/mol. The average molecular weight is 173 g/mol. The van der Waals surface area contributed by atoms with Gasteiger partial charge in [-0.1, -0.05) is 20.8 Å². The summed E-state index contributed by atoms with van der Waals surface area (Å²) >= 11 is 0. The summed E-state index contributed by atoms with van der Waals surface area (Å²) in [5.74, 6) is 0. The van der Waals surface area contributed by atoms with Gasteiger partial charge in [0.15, 0.2) is 0 Å². The van der Waals surface area contributed by atoms with Gasteiger partial charge < -0.3 is 10.0 Å². The van der Waals surface area contributed by atoms with Gasteiger partial charge >= 0.3 is 6.09 Å². The van der Waals surface area contributed by atoms with E-state index in [4.69, 9.17) is 5.11 Å². The van der Waals surface area contributed by atoms with Crippen LogP contribution < -0.4 is 0 Å². The van der Waals surface area contributed by atoms with Crippen molar-refractivity contribution in [1.82, 2.24) is 4.90 Å². The molecule has 0 heterocycles. The van der Waals surface area contributed by atoms with Gasteiger partial charge in [0.05, 0.1) is 0 Å². The Morgan fingerprint density at radius 1 is 1.42 bits per heavy atom. The van der Waals surface area contributed by atoms with E-state index in [1.807, 2.05) is 6.92 Å². The average Bonchev–Trinajstić information content (AvgIpc) is 1.85. The van der Waals surface area contributed by atoms with Crippen molar-refractivity contribution in [2.75, 3.05) is 13.1 Å². The van der Waals surface area contributed by atoms with E-state index in [0.29, 0.717) is 13.1 Å². The Balaban J connectivity index is 3.81. The first kappa shape index (κ1) is 11.3. The van der Waals surface area contributed by atoms with Gasteiger partial charge in [-0.25, -0.2) is 4.79 Å². The fraction of sp³-hybridized carbons (Fsp3) is 0.889. The molecule has 0 fully saturated rings. The zero-order valence-electron chi connectivity index (χ0n) is 8.42. The highest BCUT2D eigenvalue weighted by Gasteiger charge is 2.14. The topological polar surface area (TPSA) is 40.5 Å². The molecule has 3 nitrogen and oxygen atoms in total. The third kappa shape index (κ3) is 4.99. The lowest BCUT2D eigenvalue weighted by molar-refractivity contribution is 0.141. The Kier molecular flexibility index (Phi) is 4.07. The van der Waals surface area contributed by atoms with Crippen molar-refractivity contribution in [3.8, 4) is 0 Å². The van der Waals surface area contributed by atoms with Crippen LogP contribution in [-0.4, -0.2) is 29.2 Å².